The Morgan fingerprint density at radius 1 is 0.926 bits per heavy atom. The molecule has 1 nitrogen and oxygen atoms in total. The summed E-state index contributed by atoms with van der Waals surface area (Å²) in [5.41, 5.74) is 1.35. The monoisotopic (exact) mass is 376 g/mol. The van der Waals surface area contributed by atoms with Gasteiger partial charge in [-0.3, -0.25) is 0 Å². The van der Waals surface area contributed by atoms with E-state index in [9.17, 15) is 13.2 Å². The van der Waals surface area contributed by atoms with Gasteiger partial charge in [-0.25, -0.2) is 13.2 Å². The number of ether oxygens (including phenoxy) is 1. The Labute approximate surface area is 159 Å². The molecule has 0 aromatic heterocycles. The Kier molecular flexibility index (Phi) is 6.81. The third-order valence-electron chi connectivity index (χ3n) is 5.56. The molecule has 0 atom stereocenters. The summed E-state index contributed by atoms with van der Waals surface area (Å²) in [6.07, 6.45) is 8.50. The van der Waals surface area contributed by atoms with Crippen molar-refractivity contribution in [2.75, 3.05) is 0 Å². The summed E-state index contributed by atoms with van der Waals surface area (Å²) in [6, 6.07) is 8.28. The lowest BCUT2D eigenvalue weighted by Crippen LogP contribution is -2.13. The molecule has 0 amide bonds. The molecule has 146 valence electrons. The van der Waals surface area contributed by atoms with Gasteiger partial charge >= 0.3 is 0 Å². The molecule has 1 aliphatic carbocycles. The third-order valence-corrected chi connectivity index (χ3v) is 5.56. The molecule has 0 unspecified atom stereocenters. The van der Waals surface area contributed by atoms with Crippen LogP contribution in [-0.2, 0) is 6.61 Å². The highest BCUT2D eigenvalue weighted by molar-refractivity contribution is 5.32. The summed E-state index contributed by atoms with van der Waals surface area (Å²) in [6.45, 7) is 2.15. The number of halogens is 3. The molecule has 1 aliphatic rings. The zero-order valence-electron chi connectivity index (χ0n) is 15.8. The molecule has 0 bridgehead atoms. The lowest BCUT2D eigenvalue weighted by molar-refractivity contribution is 0.287. The zero-order valence-corrected chi connectivity index (χ0v) is 15.8. The third kappa shape index (κ3) is 5.50. The first-order valence-electron chi connectivity index (χ1n) is 9.92. The Morgan fingerprint density at radius 3 is 2.26 bits per heavy atom. The largest absolute Gasteiger partial charge is 0.486 e. The molecule has 3 rings (SSSR count). The van der Waals surface area contributed by atoms with Crippen LogP contribution in [0.4, 0.5) is 13.2 Å². The quantitative estimate of drug-likeness (QED) is 0.499. The Balaban J connectivity index is 1.57. The van der Waals surface area contributed by atoms with Crippen molar-refractivity contribution in [2.24, 2.45) is 5.92 Å². The van der Waals surface area contributed by atoms with Crippen LogP contribution in [0.3, 0.4) is 0 Å². The van der Waals surface area contributed by atoms with Crippen LogP contribution < -0.4 is 4.74 Å². The Morgan fingerprint density at radius 2 is 1.63 bits per heavy atom. The minimum absolute atomic E-state index is 0.0759. The highest BCUT2D eigenvalue weighted by atomic mass is 19.1. The molecule has 1 fully saturated rings. The second kappa shape index (κ2) is 9.29. The normalized spacial score (nSPS) is 19.9. The number of rotatable bonds is 7. The van der Waals surface area contributed by atoms with E-state index in [1.165, 1.54) is 44.2 Å². The van der Waals surface area contributed by atoms with Gasteiger partial charge in [-0.15, -0.1) is 0 Å². The van der Waals surface area contributed by atoms with Crippen LogP contribution in [0.25, 0.3) is 0 Å². The number of benzene rings is 2. The van der Waals surface area contributed by atoms with Crippen LogP contribution in [-0.4, -0.2) is 0 Å². The number of unbranched alkanes of at least 4 members (excludes halogenated alkanes) is 1. The van der Waals surface area contributed by atoms with Gasteiger partial charge in [-0.2, -0.15) is 0 Å². The average molecular weight is 376 g/mol. The van der Waals surface area contributed by atoms with Gasteiger partial charge in [0.2, 0.25) is 0 Å². The molecule has 0 radical (unpaired) electrons. The van der Waals surface area contributed by atoms with Crippen molar-refractivity contribution in [1.29, 1.82) is 0 Å². The van der Waals surface area contributed by atoms with Crippen molar-refractivity contribution in [3.8, 4) is 5.75 Å². The molecule has 0 N–H and O–H groups in total. The van der Waals surface area contributed by atoms with Crippen molar-refractivity contribution in [2.45, 2.75) is 64.4 Å². The molecule has 27 heavy (non-hydrogen) atoms. The zero-order chi connectivity index (χ0) is 19.2. The molecular formula is C23H27F3O. The summed E-state index contributed by atoms with van der Waals surface area (Å²) < 4.78 is 46.3. The first-order valence-corrected chi connectivity index (χ1v) is 9.92. The van der Waals surface area contributed by atoms with E-state index in [1.54, 1.807) is 12.1 Å². The van der Waals surface area contributed by atoms with Gasteiger partial charge < -0.3 is 4.74 Å². The first kappa shape index (κ1) is 19.8. The second-order valence-corrected chi connectivity index (χ2v) is 7.62. The molecule has 0 spiro atoms. The van der Waals surface area contributed by atoms with E-state index in [4.69, 9.17) is 4.74 Å². The van der Waals surface area contributed by atoms with Gasteiger partial charge in [0, 0.05) is 6.07 Å². The molecular weight excluding hydrogens is 349 g/mol. The molecule has 0 aliphatic heterocycles. The van der Waals surface area contributed by atoms with Crippen LogP contribution in [0.5, 0.6) is 5.75 Å². The lowest BCUT2D eigenvalue weighted by atomic mass is 9.77. The van der Waals surface area contributed by atoms with Crippen molar-refractivity contribution in [3.63, 3.8) is 0 Å². The SMILES string of the molecule is CCCC[C@H]1CC[C@H](c2ccc(OCc3cc(F)cc(F)c3)c(F)c2)CC1. The van der Waals surface area contributed by atoms with Crippen molar-refractivity contribution in [1.82, 2.24) is 0 Å². The average Bonchev–Trinajstić information content (AvgIpc) is 2.65. The molecule has 2 aromatic carbocycles. The van der Waals surface area contributed by atoms with E-state index in [1.807, 2.05) is 6.07 Å². The van der Waals surface area contributed by atoms with E-state index < -0.39 is 17.5 Å². The fraction of sp³-hybridized carbons (Fsp3) is 0.478. The minimum atomic E-state index is -0.668. The van der Waals surface area contributed by atoms with Crippen molar-refractivity contribution < 1.29 is 17.9 Å². The molecule has 0 saturated heterocycles. The summed E-state index contributed by atoms with van der Waals surface area (Å²) >= 11 is 0. The summed E-state index contributed by atoms with van der Waals surface area (Å²) in [5.74, 6) is -0.417. The molecule has 2 aromatic rings. The predicted octanol–water partition coefficient (Wildman–Crippen LogP) is 7.15. The highest BCUT2D eigenvalue weighted by Crippen LogP contribution is 2.38. The smallest absolute Gasteiger partial charge is 0.165 e. The maximum Gasteiger partial charge on any atom is 0.165 e. The van der Waals surface area contributed by atoms with Gasteiger partial charge in [0.1, 0.15) is 18.2 Å². The van der Waals surface area contributed by atoms with Crippen LogP contribution in [0.15, 0.2) is 36.4 Å². The topological polar surface area (TPSA) is 9.23 Å². The predicted molar refractivity (Wildman–Crippen MR) is 101 cm³/mol. The van der Waals surface area contributed by atoms with Crippen LogP contribution >= 0.6 is 0 Å². The summed E-state index contributed by atoms with van der Waals surface area (Å²) in [5, 5.41) is 0. The standard InChI is InChI=1S/C23H27F3O/c1-2-3-4-16-5-7-18(8-6-16)19-9-10-23(22(26)13-19)27-15-17-11-20(24)14-21(25)12-17/h9-14,16,18H,2-8,15H2,1H3/t16-,18-. The van der Waals surface area contributed by atoms with E-state index in [0.717, 1.165) is 30.4 Å². The maximum atomic E-state index is 14.4. The van der Waals surface area contributed by atoms with Gasteiger partial charge in [-0.1, -0.05) is 32.3 Å². The summed E-state index contributed by atoms with van der Waals surface area (Å²) in [4.78, 5) is 0. The van der Waals surface area contributed by atoms with E-state index >= 15 is 0 Å². The van der Waals surface area contributed by atoms with Crippen LogP contribution in [0, 0.1) is 23.4 Å². The molecule has 0 heterocycles. The van der Waals surface area contributed by atoms with Crippen molar-refractivity contribution in [3.05, 3.63) is 65.0 Å². The van der Waals surface area contributed by atoms with Gasteiger partial charge in [0.15, 0.2) is 11.6 Å². The molecule has 4 heteroatoms. The fourth-order valence-corrected chi connectivity index (χ4v) is 4.02. The lowest BCUT2D eigenvalue weighted by Gasteiger charge is -2.29. The van der Waals surface area contributed by atoms with Gasteiger partial charge in [-0.05, 0) is 72.9 Å². The van der Waals surface area contributed by atoms with Crippen LogP contribution in [0.2, 0.25) is 0 Å². The number of hydrogen-bond acceptors (Lipinski definition) is 1. The van der Waals surface area contributed by atoms with Crippen LogP contribution in [0.1, 0.15) is 68.9 Å². The number of hydrogen-bond donors (Lipinski definition) is 0. The van der Waals surface area contributed by atoms with Gasteiger partial charge in [0.05, 0.1) is 0 Å². The Bertz CT molecular complexity index is 731. The second-order valence-electron chi connectivity index (χ2n) is 7.62. The van der Waals surface area contributed by atoms with E-state index in [-0.39, 0.29) is 12.4 Å². The van der Waals surface area contributed by atoms with E-state index in [0.29, 0.717) is 11.5 Å². The Hall–Kier alpha value is -1.97. The van der Waals surface area contributed by atoms with Crippen molar-refractivity contribution >= 4 is 0 Å². The highest BCUT2D eigenvalue weighted by Gasteiger charge is 2.22. The summed E-state index contributed by atoms with van der Waals surface area (Å²) in [7, 11) is 0. The fourth-order valence-electron chi connectivity index (χ4n) is 4.02. The minimum Gasteiger partial charge on any atom is -0.486 e. The molecule has 1 saturated carbocycles. The maximum absolute atomic E-state index is 14.4. The first-order chi connectivity index (χ1) is 13.0. The van der Waals surface area contributed by atoms with Gasteiger partial charge in [0.25, 0.3) is 0 Å². The van der Waals surface area contributed by atoms with E-state index in [2.05, 4.69) is 6.92 Å².